The van der Waals surface area contributed by atoms with Crippen LogP contribution < -0.4 is 0 Å². The zero-order valence-corrected chi connectivity index (χ0v) is 12.7. The summed E-state index contributed by atoms with van der Waals surface area (Å²) in [6.45, 7) is 0. The maximum Gasteiger partial charge on any atom is 0.284 e. The number of nitrogens with zero attached hydrogens (tertiary/aromatic N) is 1. The van der Waals surface area contributed by atoms with Gasteiger partial charge in [-0.2, -0.15) is 0 Å². The molecule has 5 nitrogen and oxygen atoms in total. The Morgan fingerprint density at radius 1 is 1.33 bits per heavy atom. The Bertz CT molecular complexity index is 530. The van der Waals surface area contributed by atoms with Gasteiger partial charge in [-0.25, -0.2) is 8.42 Å². The molecule has 1 rings (SSSR count). The number of benzene rings is 1. The fourth-order valence-corrected chi connectivity index (χ4v) is 6.14. The largest absolute Gasteiger partial charge is 0.284 e. The Morgan fingerprint density at radius 2 is 1.87 bits per heavy atom. The molecule has 0 fully saturated rings. The predicted octanol–water partition coefficient (Wildman–Crippen LogP) is 2.73. The van der Waals surface area contributed by atoms with Crippen molar-refractivity contribution >= 4 is 70.6 Å². The molecule has 0 atom stereocenters. The Morgan fingerprint density at radius 3 is 2.27 bits per heavy atom. The Labute approximate surface area is 117 Å². The summed E-state index contributed by atoms with van der Waals surface area (Å²) in [5.41, 5.74) is -0.268. The predicted molar refractivity (Wildman–Crippen MR) is 71.6 cm³/mol. The lowest BCUT2D eigenvalue weighted by molar-refractivity contribution is -0.386. The van der Waals surface area contributed by atoms with Crippen molar-refractivity contribution in [3.05, 3.63) is 29.4 Å². The maximum absolute atomic E-state index is 11.2. The second-order valence-electron chi connectivity index (χ2n) is 2.40. The highest BCUT2D eigenvalue weighted by Crippen LogP contribution is 2.33. The lowest BCUT2D eigenvalue weighted by Gasteiger charge is -2.03. The first kappa shape index (κ1) is 13.4. The first-order chi connectivity index (χ1) is 6.75. The van der Waals surface area contributed by atoms with Crippen LogP contribution in [0.2, 0.25) is 0 Å². The van der Waals surface area contributed by atoms with E-state index in [-0.39, 0.29) is 14.2 Å². The van der Waals surface area contributed by atoms with Crippen molar-refractivity contribution in [2.75, 3.05) is 0 Å². The van der Waals surface area contributed by atoms with Gasteiger partial charge < -0.3 is 0 Å². The van der Waals surface area contributed by atoms with Gasteiger partial charge in [-0.05, 0) is 51.2 Å². The van der Waals surface area contributed by atoms with Crippen molar-refractivity contribution < 1.29 is 13.3 Å². The molecule has 0 amide bonds. The van der Waals surface area contributed by atoms with Crippen LogP contribution in [-0.4, -0.2) is 13.3 Å². The summed E-state index contributed by atoms with van der Waals surface area (Å²) in [6, 6.07) is 2.59. The fourth-order valence-electron chi connectivity index (χ4n) is 0.887. The normalized spacial score (nSPS) is 11.4. The van der Waals surface area contributed by atoms with E-state index >= 15 is 0 Å². The van der Waals surface area contributed by atoms with Crippen LogP contribution in [0.15, 0.2) is 17.0 Å². The summed E-state index contributed by atoms with van der Waals surface area (Å²) in [7, 11) is 1.22. The van der Waals surface area contributed by atoms with Crippen molar-refractivity contribution in [1.29, 1.82) is 0 Å². The summed E-state index contributed by atoms with van der Waals surface area (Å²) < 4.78 is 22.8. The molecular weight excluding hydrogens is 471 g/mol. The second-order valence-corrected chi connectivity index (χ2v) is 7.15. The van der Waals surface area contributed by atoms with Crippen LogP contribution in [0, 0.1) is 17.3 Å². The molecule has 0 N–H and O–H groups in total. The number of halogens is 3. The maximum atomic E-state index is 11.2. The van der Waals surface area contributed by atoms with E-state index in [2.05, 4.69) is 0 Å². The van der Waals surface area contributed by atoms with E-state index in [1.807, 2.05) is 0 Å². The van der Waals surface area contributed by atoms with E-state index in [0.717, 1.165) is 0 Å². The van der Waals surface area contributed by atoms with Crippen molar-refractivity contribution in [1.82, 2.24) is 0 Å². The van der Waals surface area contributed by atoms with Gasteiger partial charge in [0.25, 0.3) is 14.7 Å². The van der Waals surface area contributed by atoms with Crippen LogP contribution in [0.4, 0.5) is 5.69 Å². The van der Waals surface area contributed by atoms with Gasteiger partial charge in [0.1, 0.15) is 8.47 Å². The highest BCUT2D eigenvalue weighted by atomic mass is 127. The van der Waals surface area contributed by atoms with Gasteiger partial charge in [0, 0.05) is 20.3 Å². The summed E-state index contributed by atoms with van der Waals surface area (Å²) in [6.07, 6.45) is 0. The van der Waals surface area contributed by atoms with Crippen LogP contribution in [0.1, 0.15) is 0 Å². The van der Waals surface area contributed by atoms with Crippen LogP contribution in [0.25, 0.3) is 0 Å². The average Bonchev–Trinajstić information content (AvgIpc) is 2.00. The van der Waals surface area contributed by atoms with Crippen molar-refractivity contribution in [2.24, 2.45) is 0 Å². The minimum atomic E-state index is -3.97. The Balaban J connectivity index is 3.66. The molecule has 0 aromatic heterocycles. The second kappa shape index (κ2) is 4.67. The highest BCUT2D eigenvalue weighted by molar-refractivity contribution is 14.1. The fraction of sp³-hybridized carbons (Fsp3) is 0. The molecule has 9 heteroatoms. The molecule has 1 aromatic carbocycles. The molecule has 0 saturated carbocycles. The molecule has 0 unspecified atom stereocenters. The summed E-state index contributed by atoms with van der Waals surface area (Å²) >= 11 is 3.36. The molecule has 0 bridgehead atoms. The minimum absolute atomic E-state index is 0.0273. The molecule has 82 valence electrons. The lowest BCUT2D eigenvalue weighted by atomic mass is 10.3. The monoisotopic (exact) mass is 473 g/mol. The molecule has 0 aliphatic rings. The SMILES string of the molecule is O=[N+]([O-])c1ccc(I)c(S(=O)(=O)Cl)c1I. The quantitative estimate of drug-likeness (QED) is 0.287. The molecule has 0 aliphatic heterocycles. The summed E-state index contributed by atoms with van der Waals surface area (Å²) in [5.74, 6) is 0. The van der Waals surface area contributed by atoms with Crippen LogP contribution >= 0.6 is 55.9 Å². The third-order valence-electron chi connectivity index (χ3n) is 1.47. The third kappa shape index (κ3) is 2.91. The molecule has 0 heterocycles. The molecule has 0 spiro atoms. The lowest BCUT2D eigenvalue weighted by Crippen LogP contribution is -2.02. The zero-order valence-electron chi connectivity index (χ0n) is 6.78. The Hall–Kier alpha value is 0.320. The number of nitro benzene ring substituents is 1. The number of hydrogen-bond donors (Lipinski definition) is 0. The van der Waals surface area contributed by atoms with Gasteiger partial charge >= 0.3 is 0 Å². The van der Waals surface area contributed by atoms with E-state index in [1.54, 1.807) is 45.2 Å². The first-order valence-electron chi connectivity index (χ1n) is 3.32. The van der Waals surface area contributed by atoms with Crippen molar-refractivity contribution in [3.8, 4) is 0 Å². The van der Waals surface area contributed by atoms with E-state index in [0.29, 0.717) is 3.57 Å². The summed E-state index contributed by atoms with van der Waals surface area (Å²) in [4.78, 5) is 9.71. The molecule has 0 radical (unpaired) electrons. The van der Waals surface area contributed by atoms with Gasteiger partial charge in [0.05, 0.1) is 4.92 Å². The first-order valence-corrected chi connectivity index (χ1v) is 7.79. The molecular formula is C6H2ClI2NO4S. The average molecular weight is 473 g/mol. The van der Waals surface area contributed by atoms with Crippen molar-refractivity contribution in [2.45, 2.75) is 4.90 Å². The van der Waals surface area contributed by atoms with E-state index in [4.69, 9.17) is 10.7 Å². The number of rotatable bonds is 2. The highest BCUT2D eigenvalue weighted by Gasteiger charge is 2.25. The third-order valence-corrected chi connectivity index (χ3v) is 5.57. The molecule has 0 saturated heterocycles. The smallest absolute Gasteiger partial charge is 0.258 e. The van der Waals surface area contributed by atoms with Crippen LogP contribution in [-0.2, 0) is 9.05 Å². The van der Waals surface area contributed by atoms with E-state index in [9.17, 15) is 18.5 Å². The van der Waals surface area contributed by atoms with Gasteiger partial charge in [0.2, 0.25) is 0 Å². The van der Waals surface area contributed by atoms with Crippen molar-refractivity contribution in [3.63, 3.8) is 0 Å². The molecule has 0 aliphatic carbocycles. The molecule has 1 aromatic rings. The zero-order chi connectivity index (χ0) is 11.8. The van der Waals surface area contributed by atoms with Gasteiger partial charge in [-0.1, -0.05) is 0 Å². The van der Waals surface area contributed by atoms with Crippen LogP contribution in [0.5, 0.6) is 0 Å². The minimum Gasteiger partial charge on any atom is -0.258 e. The standard InChI is InChI=1S/C6H2ClI2NO4S/c7-15(13,14)6-3(8)1-2-4(5(6)9)10(11)12/h1-2H. The van der Waals surface area contributed by atoms with Gasteiger partial charge in [0.15, 0.2) is 0 Å². The van der Waals surface area contributed by atoms with Crippen LogP contribution in [0.3, 0.4) is 0 Å². The summed E-state index contributed by atoms with van der Waals surface area (Å²) in [5, 5.41) is 10.6. The topological polar surface area (TPSA) is 77.3 Å². The van der Waals surface area contributed by atoms with Gasteiger partial charge in [-0.3, -0.25) is 10.1 Å². The van der Waals surface area contributed by atoms with Gasteiger partial charge in [-0.15, -0.1) is 0 Å². The van der Waals surface area contributed by atoms with E-state index in [1.165, 1.54) is 12.1 Å². The number of nitro groups is 1. The Kier molecular flexibility index (Phi) is 4.17. The van der Waals surface area contributed by atoms with E-state index < -0.39 is 14.0 Å². The number of hydrogen-bond acceptors (Lipinski definition) is 4. The molecule has 15 heavy (non-hydrogen) atoms.